The van der Waals surface area contributed by atoms with Crippen molar-refractivity contribution in [3.8, 4) is 0 Å². The average molecular weight is 208 g/mol. The molecule has 7 heteroatoms. The van der Waals surface area contributed by atoms with Gasteiger partial charge in [0.15, 0.2) is 5.43 Å². The second kappa shape index (κ2) is 3.17. The minimum Gasteiger partial charge on any atom is -0.475 e. The first kappa shape index (κ1) is 10.3. The van der Waals surface area contributed by atoms with Crippen molar-refractivity contribution in [2.75, 3.05) is 0 Å². The Morgan fingerprint density at radius 1 is 1.36 bits per heavy atom. The number of alkyl halides is 3. The van der Waals surface area contributed by atoms with E-state index in [0.29, 0.717) is 6.07 Å². The van der Waals surface area contributed by atoms with Gasteiger partial charge >= 0.3 is 12.1 Å². The molecule has 0 spiro atoms. The van der Waals surface area contributed by atoms with Gasteiger partial charge in [0, 0.05) is 12.1 Å². The number of aromatic carboxylic acids is 1. The zero-order valence-electron chi connectivity index (χ0n) is 6.46. The molecule has 1 aromatic rings. The van der Waals surface area contributed by atoms with Crippen LogP contribution in [-0.4, -0.2) is 11.1 Å². The van der Waals surface area contributed by atoms with Crippen LogP contribution in [0.2, 0.25) is 0 Å². The van der Waals surface area contributed by atoms with Crippen molar-refractivity contribution in [2.45, 2.75) is 6.18 Å². The van der Waals surface area contributed by atoms with Crippen molar-refractivity contribution in [1.29, 1.82) is 0 Å². The summed E-state index contributed by atoms with van der Waals surface area (Å²) in [7, 11) is 0. The molecule has 1 heterocycles. The molecule has 0 atom stereocenters. The minimum atomic E-state index is -4.87. The van der Waals surface area contributed by atoms with Crippen LogP contribution >= 0.6 is 0 Å². The van der Waals surface area contributed by atoms with Crippen LogP contribution in [-0.2, 0) is 6.18 Å². The third-order valence-electron chi connectivity index (χ3n) is 1.26. The molecule has 1 rings (SSSR count). The van der Waals surface area contributed by atoms with Crippen LogP contribution in [0.1, 0.15) is 16.3 Å². The van der Waals surface area contributed by atoms with Gasteiger partial charge in [0.25, 0.3) is 0 Å². The third kappa shape index (κ3) is 2.12. The molecule has 0 saturated heterocycles. The Bertz CT molecular complexity index is 418. The zero-order valence-corrected chi connectivity index (χ0v) is 6.46. The van der Waals surface area contributed by atoms with Crippen molar-refractivity contribution in [2.24, 2.45) is 0 Å². The van der Waals surface area contributed by atoms with Crippen LogP contribution in [0.5, 0.6) is 0 Å². The first-order valence-corrected chi connectivity index (χ1v) is 3.26. The van der Waals surface area contributed by atoms with Gasteiger partial charge in [-0.2, -0.15) is 13.2 Å². The van der Waals surface area contributed by atoms with Gasteiger partial charge in [-0.1, -0.05) is 0 Å². The second-order valence-electron chi connectivity index (χ2n) is 2.32. The van der Waals surface area contributed by atoms with E-state index in [0.717, 1.165) is 0 Å². The maximum atomic E-state index is 12.0. The quantitative estimate of drug-likeness (QED) is 0.756. The van der Waals surface area contributed by atoms with E-state index >= 15 is 0 Å². The summed E-state index contributed by atoms with van der Waals surface area (Å²) in [5.74, 6) is -4.39. The van der Waals surface area contributed by atoms with Crippen molar-refractivity contribution >= 4 is 5.97 Å². The van der Waals surface area contributed by atoms with E-state index < -0.39 is 29.1 Å². The van der Waals surface area contributed by atoms with Gasteiger partial charge in [-0.25, -0.2) is 4.79 Å². The number of hydrogen-bond acceptors (Lipinski definition) is 3. The highest BCUT2D eigenvalue weighted by atomic mass is 19.4. The second-order valence-corrected chi connectivity index (χ2v) is 2.32. The van der Waals surface area contributed by atoms with Crippen molar-refractivity contribution < 1.29 is 27.5 Å². The summed E-state index contributed by atoms with van der Waals surface area (Å²) in [6.07, 6.45) is -4.87. The van der Waals surface area contributed by atoms with Crippen LogP contribution in [0.3, 0.4) is 0 Å². The summed E-state index contributed by atoms with van der Waals surface area (Å²) >= 11 is 0. The number of carboxylic acids is 1. The monoisotopic (exact) mass is 208 g/mol. The standard InChI is InChI=1S/C7H3F3O4/c8-7(9,10)5-2-3(11)1-4(14-5)6(12)13/h1-2H,(H,12,13). The van der Waals surface area contributed by atoms with E-state index in [1.165, 1.54) is 0 Å². The minimum absolute atomic E-state index is 0.187. The Morgan fingerprint density at radius 3 is 2.36 bits per heavy atom. The highest BCUT2D eigenvalue weighted by molar-refractivity contribution is 5.84. The fraction of sp³-hybridized carbons (Fsp3) is 0.143. The summed E-state index contributed by atoms with van der Waals surface area (Å²) in [6.45, 7) is 0. The molecule has 0 saturated carbocycles. The molecule has 14 heavy (non-hydrogen) atoms. The predicted octanol–water partition coefficient (Wildman–Crippen LogP) is 1.36. The van der Waals surface area contributed by atoms with Crippen LogP contribution in [0.4, 0.5) is 13.2 Å². The number of carbonyl (C=O) groups is 1. The lowest BCUT2D eigenvalue weighted by Crippen LogP contribution is -2.13. The van der Waals surface area contributed by atoms with Gasteiger partial charge < -0.3 is 9.52 Å². The molecule has 76 valence electrons. The molecule has 0 radical (unpaired) electrons. The lowest BCUT2D eigenvalue weighted by Gasteiger charge is -2.04. The van der Waals surface area contributed by atoms with Gasteiger partial charge in [-0.05, 0) is 0 Å². The topological polar surface area (TPSA) is 67.5 Å². The van der Waals surface area contributed by atoms with Gasteiger partial charge in [0.1, 0.15) is 0 Å². The summed E-state index contributed by atoms with van der Waals surface area (Å²) in [5.41, 5.74) is -1.07. The maximum Gasteiger partial charge on any atom is 0.449 e. The Kier molecular flexibility index (Phi) is 2.33. The number of rotatable bonds is 1. The van der Waals surface area contributed by atoms with Crippen LogP contribution in [0, 0.1) is 0 Å². The lowest BCUT2D eigenvalue weighted by molar-refractivity contribution is -0.154. The van der Waals surface area contributed by atoms with Crippen molar-refractivity contribution in [3.05, 3.63) is 33.9 Å². The molecular formula is C7H3F3O4. The van der Waals surface area contributed by atoms with Crippen LogP contribution in [0.15, 0.2) is 21.3 Å². The van der Waals surface area contributed by atoms with E-state index in [1.54, 1.807) is 0 Å². The Hall–Kier alpha value is -1.79. The first-order valence-electron chi connectivity index (χ1n) is 3.26. The van der Waals surface area contributed by atoms with E-state index in [9.17, 15) is 22.8 Å². The van der Waals surface area contributed by atoms with E-state index in [-0.39, 0.29) is 6.07 Å². The van der Waals surface area contributed by atoms with Gasteiger partial charge in [-0.15, -0.1) is 0 Å². The molecule has 4 nitrogen and oxygen atoms in total. The number of carboxylic acid groups (broad SMARTS) is 1. The van der Waals surface area contributed by atoms with Gasteiger partial charge in [0.2, 0.25) is 11.5 Å². The Morgan fingerprint density at radius 2 is 1.93 bits per heavy atom. The molecule has 0 aliphatic heterocycles. The lowest BCUT2D eigenvalue weighted by atomic mass is 10.3. The molecule has 0 unspecified atom stereocenters. The highest BCUT2D eigenvalue weighted by Crippen LogP contribution is 2.28. The molecule has 0 fully saturated rings. The normalized spacial score (nSPS) is 11.4. The molecule has 0 aliphatic carbocycles. The first-order chi connectivity index (χ1) is 6.30. The fourth-order valence-electron chi connectivity index (χ4n) is 0.723. The van der Waals surface area contributed by atoms with Crippen LogP contribution in [0.25, 0.3) is 0 Å². The molecule has 1 aromatic heterocycles. The SMILES string of the molecule is O=C(O)c1cc(=O)cc(C(F)(F)F)o1. The van der Waals surface area contributed by atoms with E-state index in [2.05, 4.69) is 4.42 Å². The summed E-state index contributed by atoms with van der Waals surface area (Å²) in [5, 5.41) is 8.30. The van der Waals surface area contributed by atoms with Crippen molar-refractivity contribution in [1.82, 2.24) is 0 Å². The van der Waals surface area contributed by atoms with Crippen molar-refractivity contribution in [3.63, 3.8) is 0 Å². The van der Waals surface area contributed by atoms with E-state index in [1.807, 2.05) is 0 Å². The Balaban J connectivity index is 3.35. The fourth-order valence-corrected chi connectivity index (χ4v) is 0.723. The number of hydrogen-bond donors (Lipinski definition) is 1. The van der Waals surface area contributed by atoms with Gasteiger partial charge in [-0.3, -0.25) is 4.79 Å². The molecule has 0 bridgehead atoms. The van der Waals surface area contributed by atoms with Crippen LogP contribution < -0.4 is 5.43 Å². The highest BCUT2D eigenvalue weighted by Gasteiger charge is 2.35. The maximum absolute atomic E-state index is 12.0. The molecule has 1 N–H and O–H groups in total. The summed E-state index contributed by atoms with van der Waals surface area (Å²) in [4.78, 5) is 20.9. The van der Waals surface area contributed by atoms with E-state index in [4.69, 9.17) is 5.11 Å². The molecular weight excluding hydrogens is 205 g/mol. The third-order valence-corrected chi connectivity index (χ3v) is 1.26. The summed E-state index contributed by atoms with van der Waals surface area (Å²) < 4.78 is 39.9. The largest absolute Gasteiger partial charge is 0.475 e. The Labute approximate surface area is 74.6 Å². The summed E-state index contributed by atoms with van der Waals surface area (Å²) in [6, 6.07) is 0.657. The predicted molar refractivity (Wildman–Crippen MR) is 36.9 cm³/mol. The molecule has 0 amide bonds. The zero-order chi connectivity index (χ0) is 10.9. The molecule has 0 aromatic carbocycles. The molecule has 0 aliphatic rings. The smallest absolute Gasteiger partial charge is 0.449 e. The average Bonchev–Trinajstić information content (AvgIpc) is 2.01. The van der Waals surface area contributed by atoms with Gasteiger partial charge in [0.05, 0.1) is 0 Å². The number of halogens is 3.